The highest BCUT2D eigenvalue weighted by Crippen LogP contribution is 2.19. The Morgan fingerprint density at radius 1 is 1.58 bits per heavy atom. The summed E-state index contributed by atoms with van der Waals surface area (Å²) in [6.45, 7) is 1.21. The highest BCUT2D eigenvalue weighted by molar-refractivity contribution is 7.13. The van der Waals surface area contributed by atoms with E-state index in [4.69, 9.17) is 5.11 Å². The summed E-state index contributed by atoms with van der Waals surface area (Å²) in [6.07, 6.45) is 0. The summed E-state index contributed by atoms with van der Waals surface area (Å²) in [7, 11) is 0. The molecule has 9 heteroatoms. The summed E-state index contributed by atoms with van der Waals surface area (Å²) >= 11 is 1.47. The van der Waals surface area contributed by atoms with Gasteiger partial charge in [-0.05, 0) is 23.6 Å². The second kappa shape index (κ2) is 5.57. The quantitative estimate of drug-likeness (QED) is 0.797. The molecule has 2 heterocycles. The molecule has 2 rings (SSSR count). The number of aromatic nitrogens is 4. The lowest BCUT2D eigenvalue weighted by molar-refractivity contribution is -0.141. The largest absolute Gasteiger partial charge is 0.480 e. The third-order valence-corrected chi connectivity index (χ3v) is 3.09. The van der Waals surface area contributed by atoms with Crippen molar-refractivity contribution in [1.82, 2.24) is 25.5 Å². The molecule has 2 N–H and O–H groups in total. The first-order chi connectivity index (χ1) is 9.06. The fourth-order valence-electron chi connectivity index (χ4n) is 1.29. The normalized spacial score (nSPS) is 12.1. The Morgan fingerprint density at radius 3 is 3.00 bits per heavy atom. The maximum atomic E-state index is 11.5. The van der Waals surface area contributed by atoms with E-state index < -0.39 is 17.9 Å². The zero-order valence-corrected chi connectivity index (χ0v) is 10.8. The fourth-order valence-corrected chi connectivity index (χ4v) is 1.94. The summed E-state index contributed by atoms with van der Waals surface area (Å²) in [5.74, 6) is -1.14. The Bertz CT molecular complexity index is 580. The average Bonchev–Trinajstić information content (AvgIpc) is 2.97. The Hall–Kier alpha value is -2.29. The lowest BCUT2D eigenvalue weighted by Crippen LogP contribution is -2.40. The summed E-state index contributed by atoms with van der Waals surface area (Å²) in [5, 5.41) is 24.5. The molecule has 100 valence electrons. The van der Waals surface area contributed by atoms with Gasteiger partial charge in [0.15, 0.2) is 0 Å². The molecule has 0 bridgehead atoms. The van der Waals surface area contributed by atoms with Crippen molar-refractivity contribution < 1.29 is 14.7 Å². The number of nitrogens with zero attached hydrogens (tertiary/aromatic N) is 4. The van der Waals surface area contributed by atoms with Gasteiger partial charge < -0.3 is 10.4 Å². The molecule has 0 aliphatic carbocycles. The van der Waals surface area contributed by atoms with Gasteiger partial charge in [0.25, 0.3) is 0 Å². The van der Waals surface area contributed by atoms with Gasteiger partial charge in [-0.3, -0.25) is 9.59 Å². The molecule has 8 nitrogen and oxygen atoms in total. The molecule has 0 aromatic carbocycles. The Morgan fingerprint density at radius 2 is 2.37 bits per heavy atom. The van der Waals surface area contributed by atoms with Gasteiger partial charge in [-0.1, -0.05) is 6.07 Å². The van der Waals surface area contributed by atoms with Crippen LogP contribution in [0.15, 0.2) is 17.5 Å². The van der Waals surface area contributed by atoms with Gasteiger partial charge in [0, 0.05) is 0 Å². The van der Waals surface area contributed by atoms with Crippen molar-refractivity contribution in [2.45, 2.75) is 19.5 Å². The number of hydrogen-bond acceptors (Lipinski definition) is 6. The van der Waals surface area contributed by atoms with Crippen LogP contribution in [-0.4, -0.2) is 43.2 Å². The maximum absolute atomic E-state index is 11.5. The smallest absolute Gasteiger partial charge is 0.325 e. The molecule has 0 unspecified atom stereocenters. The Kier molecular flexibility index (Phi) is 3.85. The number of aliphatic carboxylic acids is 1. The Labute approximate surface area is 112 Å². The zero-order chi connectivity index (χ0) is 13.8. The van der Waals surface area contributed by atoms with Crippen LogP contribution in [-0.2, 0) is 16.1 Å². The fraction of sp³-hybridized carbons (Fsp3) is 0.300. The van der Waals surface area contributed by atoms with Crippen LogP contribution in [0.2, 0.25) is 0 Å². The average molecular weight is 281 g/mol. The number of rotatable bonds is 5. The monoisotopic (exact) mass is 281 g/mol. The van der Waals surface area contributed by atoms with Crippen molar-refractivity contribution in [3.8, 4) is 10.7 Å². The molecule has 0 radical (unpaired) electrons. The number of tetrazole rings is 1. The van der Waals surface area contributed by atoms with Gasteiger partial charge in [-0.2, -0.15) is 4.80 Å². The van der Waals surface area contributed by atoms with Crippen LogP contribution in [0.25, 0.3) is 10.7 Å². The molecule has 0 saturated heterocycles. The molecule has 2 aromatic heterocycles. The minimum absolute atomic E-state index is 0.171. The number of nitrogens with one attached hydrogen (secondary N) is 1. The zero-order valence-electron chi connectivity index (χ0n) is 9.98. The molecule has 0 saturated carbocycles. The second-order valence-electron chi connectivity index (χ2n) is 3.75. The van der Waals surface area contributed by atoms with E-state index >= 15 is 0 Å². The lowest BCUT2D eigenvalue weighted by Gasteiger charge is -2.07. The minimum atomic E-state index is -1.10. The van der Waals surface area contributed by atoms with E-state index in [9.17, 15) is 9.59 Å². The van der Waals surface area contributed by atoms with Gasteiger partial charge in [0.1, 0.15) is 12.6 Å². The van der Waals surface area contributed by atoms with Crippen LogP contribution >= 0.6 is 11.3 Å². The first-order valence-corrected chi connectivity index (χ1v) is 6.28. The molecule has 2 aromatic rings. The van der Waals surface area contributed by atoms with E-state index in [0.717, 1.165) is 9.67 Å². The molecule has 0 aliphatic heterocycles. The van der Waals surface area contributed by atoms with E-state index in [1.54, 1.807) is 0 Å². The van der Waals surface area contributed by atoms with Crippen LogP contribution in [0.4, 0.5) is 0 Å². The van der Waals surface area contributed by atoms with E-state index in [1.807, 2.05) is 17.5 Å². The van der Waals surface area contributed by atoms with Crippen molar-refractivity contribution in [1.29, 1.82) is 0 Å². The van der Waals surface area contributed by atoms with Gasteiger partial charge in [-0.15, -0.1) is 21.5 Å². The third-order valence-electron chi connectivity index (χ3n) is 2.23. The standard InChI is InChI=1S/C10H11N5O3S/c1-6(10(17)18)11-8(16)5-15-13-9(12-14-15)7-3-2-4-19-7/h2-4,6H,5H2,1H3,(H,11,16)(H,17,18)/t6-/m0/s1. The van der Waals surface area contributed by atoms with Crippen molar-refractivity contribution in [3.05, 3.63) is 17.5 Å². The van der Waals surface area contributed by atoms with E-state index in [0.29, 0.717) is 5.82 Å². The number of carboxylic acid groups (broad SMARTS) is 1. The van der Waals surface area contributed by atoms with E-state index in [-0.39, 0.29) is 6.54 Å². The van der Waals surface area contributed by atoms with Crippen molar-refractivity contribution in [2.75, 3.05) is 0 Å². The highest BCUT2D eigenvalue weighted by Gasteiger charge is 2.15. The van der Waals surface area contributed by atoms with Crippen LogP contribution in [0.5, 0.6) is 0 Å². The summed E-state index contributed by atoms with van der Waals surface area (Å²) < 4.78 is 0. The molecule has 19 heavy (non-hydrogen) atoms. The number of carboxylic acids is 1. The minimum Gasteiger partial charge on any atom is -0.480 e. The second-order valence-corrected chi connectivity index (χ2v) is 4.70. The highest BCUT2D eigenvalue weighted by atomic mass is 32.1. The molecule has 0 fully saturated rings. The van der Waals surface area contributed by atoms with Crippen molar-refractivity contribution >= 4 is 23.2 Å². The summed E-state index contributed by atoms with van der Waals surface area (Å²) in [6, 6.07) is 2.76. The van der Waals surface area contributed by atoms with Crippen LogP contribution < -0.4 is 5.32 Å². The summed E-state index contributed by atoms with van der Waals surface area (Å²) in [4.78, 5) is 24.1. The number of amides is 1. The van der Waals surface area contributed by atoms with E-state index in [2.05, 4.69) is 20.7 Å². The third kappa shape index (κ3) is 3.35. The van der Waals surface area contributed by atoms with Crippen molar-refractivity contribution in [2.24, 2.45) is 0 Å². The first-order valence-electron chi connectivity index (χ1n) is 5.40. The van der Waals surface area contributed by atoms with E-state index in [1.165, 1.54) is 18.3 Å². The molecule has 0 spiro atoms. The predicted octanol–water partition coefficient (Wildman–Crippen LogP) is -0.00910. The molecule has 0 aliphatic rings. The number of carbonyl (C=O) groups excluding carboxylic acids is 1. The number of thiophene rings is 1. The van der Waals surface area contributed by atoms with Gasteiger partial charge in [-0.25, -0.2) is 0 Å². The molecule has 1 amide bonds. The molecular formula is C10H11N5O3S. The topological polar surface area (TPSA) is 110 Å². The summed E-state index contributed by atoms with van der Waals surface area (Å²) in [5.41, 5.74) is 0. The van der Waals surface area contributed by atoms with Crippen LogP contribution in [0, 0.1) is 0 Å². The van der Waals surface area contributed by atoms with Gasteiger partial charge in [0.2, 0.25) is 11.7 Å². The van der Waals surface area contributed by atoms with Gasteiger partial charge in [0.05, 0.1) is 4.88 Å². The molecular weight excluding hydrogens is 270 g/mol. The van der Waals surface area contributed by atoms with Crippen LogP contribution in [0.3, 0.4) is 0 Å². The van der Waals surface area contributed by atoms with Crippen molar-refractivity contribution in [3.63, 3.8) is 0 Å². The first kappa shape index (κ1) is 13.1. The van der Waals surface area contributed by atoms with Gasteiger partial charge >= 0.3 is 5.97 Å². The number of hydrogen-bond donors (Lipinski definition) is 2. The maximum Gasteiger partial charge on any atom is 0.325 e. The number of carbonyl (C=O) groups is 2. The Balaban J connectivity index is 1.97. The lowest BCUT2D eigenvalue weighted by atomic mass is 10.3. The molecule has 1 atom stereocenters. The van der Waals surface area contributed by atoms with Crippen LogP contribution in [0.1, 0.15) is 6.92 Å². The predicted molar refractivity (Wildman–Crippen MR) is 66.4 cm³/mol. The SMILES string of the molecule is C[C@H](NC(=O)Cn1nnc(-c2cccs2)n1)C(=O)O.